The molecule has 0 amide bonds. The van der Waals surface area contributed by atoms with Crippen LogP contribution in [0.4, 0.5) is 0 Å². The molecule has 0 aliphatic heterocycles. The van der Waals surface area contributed by atoms with Gasteiger partial charge in [0.15, 0.2) is 23.0 Å². The summed E-state index contributed by atoms with van der Waals surface area (Å²) in [7, 11) is 0. The molecule has 3 N–H and O–H groups in total. The molecule has 4 heteroatoms. The van der Waals surface area contributed by atoms with Crippen molar-refractivity contribution in [2.24, 2.45) is 0 Å². The second-order valence-electron chi connectivity index (χ2n) is 2.85. The van der Waals surface area contributed by atoms with Crippen LogP contribution >= 0.6 is 0 Å². The monoisotopic (exact) mass is 194 g/mol. The lowest BCUT2D eigenvalue weighted by atomic mass is 10.1. The van der Waals surface area contributed by atoms with E-state index < -0.39 is 17.2 Å². The van der Waals surface area contributed by atoms with Crippen LogP contribution in [0, 0.1) is 0 Å². The summed E-state index contributed by atoms with van der Waals surface area (Å²) < 4.78 is 0. The topological polar surface area (TPSA) is 77.8 Å². The summed E-state index contributed by atoms with van der Waals surface area (Å²) in [4.78, 5) is 10.6. The van der Waals surface area contributed by atoms with Crippen LogP contribution in [0.3, 0.4) is 0 Å². The summed E-state index contributed by atoms with van der Waals surface area (Å²) in [6.07, 6.45) is 2.73. The Morgan fingerprint density at radius 1 is 1.21 bits per heavy atom. The molecule has 0 fully saturated rings. The number of phenols is 3. The number of rotatable bonds is 2. The van der Waals surface area contributed by atoms with Gasteiger partial charge < -0.3 is 15.3 Å². The van der Waals surface area contributed by atoms with Gasteiger partial charge in [0.05, 0.1) is 0 Å². The molecule has 4 nitrogen and oxygen atoms in total. The predicted octanol–water partition coefficient (Wildman–Crippen LogP) is 1.41. The largest absolute Gasteiger partial charge is 0.504 e. The van der Waals surface area contributed by atoms with Crippen molar-refractivity contribution < 1.29 is 20.1 Å². The number of carbonyl (C=O) groups excluding carboxylic acids is 1. The summed E-state index contributed by atoms with van der Waals surface area (Å²) in [6, 6.07) is 2.49. The van der Waals surface area contributed by atoms with E-state index in [-0.39, 0.29) is 5.78 Å². The van der Waals surface area contributed by atoms with Crippen molar-refractivity contribution >= 4 is 11.9 Å². The van der Waals surface area contributed by atoms with Gasteiger partial charge in [-0.15, -0.1) is 0 Å². The minimum atomic E-state index is -0.565. The minimum Gasteiger partial charge on any atom is -0.504 e. The van der Waals surface area contributed by atoms with Gasteiger partial charge in [-0.1, -0.05) is 6.08 Å². The van der Waals surface area contributed by atoms with E-state index in [2.05, 4.69) is 0 Å². The van der Waals surface area contributed by atoms with Crippen LogP contribution in [0.25, 0.3) is 6.08 Å². The summed E-state index contributed by atoms with van der Waals surface area (Å²) in [6.45, 7) is 1.39. The van der Waals surface area contributed by atoms with Crippen LogP contribution in [-0.2, 0) is 4.79 Å². The first kappa shape index (κ1) is 10.1. The molecule has 0 unspecified atom stereocenters. The van der Waals surface area contributed by atoms with E-state index in [1.807, 2.05) is 0 Å². The molecule has 0 spiro atoms. The van der Waals surface area contributed by atoms with E-state index in [1.165, 1.54) is 31.2 Å². The molecule has 0 bridgehead atoms. The Bertz CT molecular complexity index is 370. The average Bonchev–Trinajstić information content (AvgIpc) is 2.10. The van der Waals surface area contributed by atoms with Gasteiger partial charge in [0.1, 0.15) is 0 Å². The molecule has 0 aliphatic carbocycles. The quantitative estimate of drug-likeness (QED) is 0.491. The van der Waals surface area contributed by atoms with Gasteiger partial charge in [-0.3, -0.25) is 4.79 Å². The predicted molar refractivity (Wildman–Crippen MR) is 51.2 cm³/mol. The van der Waals surface area contributed by atoms with Gasteiger partial charge in [-0.2, -0.15) is 0 Å². The molecule has 74 valence electrons. The van der Waals surface area contributed by atoms with Crippen LogP contribution in [0.1, 0.15) is 12.5 Å². The van der Waals surface area contributed by atoms with E-state index in [9.17, 15) is 4.79 Å². The maximum atomic E-state index is 10.6. The third-order valence-electron chi connectivity index (χ3n) is 1.60. The van der Waals surface area contributed by atoms with E-state index in [0.717, 1.165) is 0 Å². The van der Waals surface area contributed by atoms with Gasteiger partial charge >= 0.3 is 0 Å². The maximum Gasteiger partial charge on any atom is 0.200 e. The number of phenolic OH excluding ortho intramolecular Hbond substituents is 3. The molecule has 1 rings (SSSR count). The number of allylic oxidation sites excluding steroid dienone is 1. The van der Waals surface area contributed by atoms with E-state index in [4.69, 9.17) is 15.3 Å². The number of hydrogen-bond acceptors (Lipinski definition) is 4. The molecule has 14 heavy (non-hydrogen) atoms. The van der Waals surface area contributed by atoms with Crippen LogP contribution in [0.15, 0.2) is 18.2 Å². The fourth-order valence-corrected chi connectivity index (χ4v) is 0.935. The van der Waals surface area contributed by atoms with Crippen molar-refractivity contribution in [2.45, 2.75) is 6.92 Å². The normalized spacial score (nSPS) is 10.6. The Labute approximate surface area is 80.7 Å². The summed E-state index contributed by atoms with van der Waals surface area (Å²) >= 11 is 0. The highest BCUT2D eigenvalue weighted by Gasteiger charge is 2.05. The Hall–Kier alpha value is -1.97. The molecule has 0 saturated heterocycles. The minimum absolute atomic E-state index is 0.142. The highest BCUT2D eigenvalue weighted by molar-refractivity contribution is 5.91. The van der Waals surface area contributed by atoms with Crippen LogP contribution in [-0.4, -0.2) is 21.1 Å². The highest BCUT2D eigenvalue weighted by atomic mass is 16.3. The van der Waals surface area contributed by atoms with Crippen LogP contribution in [0.2, 0.25) is 0 Å². The Morgan fingerprint density at radius 3 is 2.14 bits per heavy atom. The first-order chi connectivity index (χ1) is 6.50. The van der Waals surface area contributed by atoms with Crippen molar-refractivity contribution in [1.82, 2.24) is 0 Å². The lowest BCUT2D eigenvalue weighted by Crippen LogP contribution is -1.80. The molecular weight excluding hydrogens is 184 g/mol. The lowest BCUT2D eigenvalue weighted by molar-refractivity contribution is -0.112. The van der Waals surface area contributed by atoms with Gasteiger partial charge in [0.2, 0.25) is 0 Å². The molecule has 0 saturated carbocycles. The molecule has 1 aromatic carbocycles. The zero-order chi connectivity index (χ0) is 10.7. The zero-order valence-corrected chi connectivity index (χ0v) is 7.56. The second kappa shape index (κ2) is 3.83. The number of aromatic hydroxyl groups is 3. The smallest absolute Gasteiger partial charge is 0.200 e. The number of hydrogen-bond donors (Lipinski definition) is 3. The molecule has 0 atom stereocenters. The van der Waals surface area contributed by atoms with Crippen molar-refractivity contribution in [3.05, 3.63) is 23.8 Å². The van der Waals surface area contributed by atoms with Gasteiger partial charge in [-0.25, -0.2) is 0 Å². The first-order valence-corrected chi connectivity index (χ1v) is 3.94. The molecular formula is C10H10O4. The molecule has 0 aliphatic rings. The fraction of sp³-hybridized carbons (Fsp3) is 0.100. The summed E-state index contributed by atoms with van der Waals surface area (Å²) in [5, 5.41) is 27.3. The van der Waals surface area contributed by atoms with Gasteiger partial charge in [0.25, 0.3) is 0 Å². The third kappa shape index (κ3) is 2.26. The van der Waals surface area contributed by atoms with E-state index in [0.29, 0.717) is 5.56 Å². The third-order valence-corrected chi connectivity index (χ3v) is 1.60. The summed E-state index contributed by atoms with van der Waals surface area (Å²) in [5.41, 5.74) is 0.438. The van der Waals surface area contributed by atoms with Crippen LogP contribution < -0.4 is 0 Å². The molecule has 0 heterocycles. The highest BCUT2D eigenvalue weighted by Crippen LogP contribution is 2.35. The Morgan fingerprint density at radius 2 is 1.71 bits per heavy atom. The SMILES string of the molecule is CC(=O)/C=C/c1cc(O)c(O)c(O)c1. The van der Waals surface area contributed by atoms with Crippen LogP contribution in [0.5, 0.6) is 17.2 Å². The van der Waals surface area contributed by atoms with Crippen molar-refractivity contribution in [3.63, 3.8) is 0 Å². The number of benzene rings is 1. The van der Waals surface area contributed by atoms with E-state index >= 15 is 0 Å². The molecule has 0 radical (unpaired) electrons. The maximum absolute atomic E-state index is 10.6. The van der Waals surface area contributed by atoms with Gasteiger partial charge in [-0.05, 0) is 30.7 Å². The zero-order valence-electron chi connectivity index (χ0n) is 7.56. The lowest BCUT2D eigenvalue weighted by Gasteiger charge is -2.01. The average molecular weight is 194 g/mol. The summed E-state index contributed by atoms with van der Waals surface area (Å²) in [5.74, 6) is -1.55. The van der Waals surface area contributed by atoms with Crippen molar-refractivity contribution in [2.75, 3.05) is 0 Å². The van der Waals surface area contributed by atoms with Crippen molar-refractivity contribution in [1.29, 1.82) is 0 Å². The first-order valence-electron chi connectivity index (χ1n) is 3.94. The fourth-order valence-electron chi connectivity index (χ4n) is 0.935. The Kier molecular flexibility index (Phi) is 2.76. The number of carbonyl (C=O) groups is 1. The number of ketones is 1. The molecule has 1 aromatic rings. The standard InChI is InChI=1S/C10H10O4/c1-6(11)2-3-7-4-8(12)10(14)9(13)5-7/h2-5,12-14H,1H3/b3-2+. The van der Waals surface area contributed by atoms with E-state index in [1.54, 1.807) is 0 Å². The second-order valence-corrected chi connectivity index (χ2v) is 2.85. The van der Waals surface area contributed by atoms with Crippen molar-refractivity contribution in [3.8, 4) is 17.2 Å². The molecule has 0 aromatic heterocycles. The Balaban J connectivity index is 3.07. The van der Waals surface area contributed by atoms with Gasteiger partial charge in [0, 0.05) is 0 Å².